The minimum absolute atomic E-state index is 0.0409. The van der Waals surface area contributed by atoms with E-state index in [1.54, 1.807) is 12.1 Å². The molecular weight excluding hydrogens is 263 g/mol. The molecule has 0 bridgehead atoms. The Kier molecular flexibility index (Phi) is 4.22. The third-order valence-corrected chi connectivity index (χ3v) is 3.31. The third-order valence-electron chi connectivity index (χ3n) is 3.31. The van der Waals surface area contributed by atoms with Crippen molar-refractivity contribution in [3.05, 3.63) is 29.6 Å². The number of hydrogen-bond acceptors (Lipinski definition) is 3. The number of nitrogens with zero attached hydrogens (tertiary/aromatic N) is 1. The zero-order chi connectivity index (χ0) is 14.7. The highest BCUT2D eigenvalue weighted by molar-refractivity contribution is 5.94. The molecule has 1 aromatic rings. The van der Waals surface area contributed by atoms with Gasteiger partial charge in [-0.2, -0.15) is 0 Å². The summed E-state index contributed by atoms with van der Waals surface area (Å²) in [7, 11) is 1.46. The van der Waals surface area contributed by atoms with E-state index in [1.165, 1.54) is 18.1 Å². The lowest BCUT2D eigenvalue weighted by molar-refractivity contribution is -0.144. The summed E-state index contributed by atoms with van der Waals surface area (Å²) in [5.41, 5.74) is 0.365. The number of nitrogens with one attached hydrogen (secondary N) is 1. The molecule has 108 valence electrons. The fourth-order valence-electron chi connectivity index (χ4n) is 2.17. The molecule has 1 atom stereocenters. The summed E-state index contributed by atoms with van der Waals surface area (Å²) < 4.78 is 18.8. The molecule has 0 aromatic heterocycles. The maximum atomic E-state index is 13.9. The molecule has 20 heavy (non-hydrogen) atoms. The second kappa shape index (κ2) is 5.90. The van der Waals surface area contributed by atoms with Gasteiger partial charge in [-0.05, 0) is 12.5 Å². The van der Waals surface area contributed by atoms with Crippen LogP contribution in [0.2, 0.25) is 0 Å². The largest absolute Gasteiger partial charge is 0.497 e. The first-order valence-electron chi connectivity index (χ1n) is 6.45. The predicted octanol–water partition coefficient (Wildman–Crippen LogP) is 1.07. The molecule has 0 radical (unpaired) electrons. The van der Waals surface area contributed by atoms with Gasteiger partial charge in [0.1, 0.15) is 17.6 Å². The Morgan fingerprint density at radius 3 is 2.80 bits per heavy atom. The quantitative estimate of drug-likeness (QED) is 0.897. The van der Waals surface area contributed by atoms with Crippen molar-refractivity contribution in [2.45, 2.75) is 25.9 Å². The Balaban J connectivity index is 2.16. The fraction of sp³-hybridized carbons (Fsp3) is 0.429. The number of amides is 2. The average Bonchev–Trinajstić information content (AvgIpc) is 2.44. The van der Waals surface area contributed by atoms with E-state index in [-0.39, 0.29) is 24.9 Å². The molecule has 5 nitrogen and oxygen atoms in total. The van der Waals surface area contributed by atoms with Crippen molar-refractivity contribution in [3.63, 3.8) is 0 Å². The Labute approximate surface area is 116 Å². The van der Waals surface area contributed by atoms with Gasteiger partial charge < -0.3 is 15.0 Å². The Bertz CT molecular complexity index is 533. The summed E-state index contributed by atoms with van der Waals surface area (Å²) in [5.74, 6) is -0.427. The van der Waals surface area contributed by atoms with Crippen LogP contribution in [0, 0.1) is 5.82 Å². The standard InChI is InChI=1S/C14H17FN2O3/c1-3-12-14(19)17(8-13(18)16-12)7-9-4-5-10(20-2)6-11(9)15/h4-6,12H,3,7-8H2,1-2H3,(H,16,18). The van der Waals surface area contributed by atoms with Gasteiger partial charge in [-0.15, -0.1) is 0 Å². The van der Waals surface area contributed by atoms with E-state index in [9.17, 15) is 14.0 Å². The van der Waals surface area contributed by atoms with Crippen LogP contribution < -0.4 is 10.1 Å². The molecule has 0 spiro atoms. The van der Waals surface area contributed by atoms with Gasteiger partial charge in [0.05, 0.1) is 13.7 Å². The fourth-order valence-corrected chi connectivity index (χ4v) is 2.17. The van der Waals surface area contributed by atoms with Crippen molar-refractivity contribution < 1.29 is 18.7 Å². The zero-order valence-electron chi connectivity index (χ0n) is 11.5. The van der Waals surface area contributed by atoms with E-state index >= 15 is 0 Å². The number of carbonyl (C=O) groups is 2. The number of carbonyl (C=O) groups excluding carboxylic acids is 2. The van der Waals surface area contributed by atoms with E-state index in [0.717, 1.165) is 0 Å². The van der Waals surface area contributed by atoms with Gasteiger partial charge in [-0.1, -0.05) is 13.0 Å². The first-order valence-corrected chi connectivity index (χ1v) is 6.45. The molecule has 1 aliphatic rings. The minimum atomic E-state index is -0.516. The summed E-state index contributed by atoms with van der Waals surface area (Å²) in [6.07, 6.45) is 0.520. The van der Waals surface area contributed by atoms with E-state index in [2.05, 4.69) is 5.32 Å². The molecule has 2 amide bonds. The average molecular weight is 280 g/mol. The summed E-state index contributed by atoms with van der Waals surface area (Å²) in [5, 5.41) is 2.62. The van der Waals surface area contributed by atoms with E-state index in [0.29, 0.717) is 17.7 Å². The maximum absolute atomic E-state index is 13.9. The molecule has 1 unspecified atom stereocenters. The predicted molar refractivity (Wildman–Crippen MR) is 70.6 cm³/mol. The molecule has 1 heterocycles. The van der Waals surface area contributed by atoms with Gasteiger partial charge in [0.2, 0.25) is 11.8 Å². The number of halogens is 1. The lowest BCUT2D eigenvalue weighted by Gasteiger charge is -2.32. The van der Waals surface area contributed by atoms with Crippen LogP contribution in [0.5, 0.6) is 5.75 Å². The van der Waals surface area contributed by atoms with Gasteiger partial charge in [0.15, 0.2) is 0 Å². The molecule has 1 fully saturated rings. The highest BCUT2D eigenvalue weighted by Gasteiger charge is 2.31. The summed E-state index contributed by atoms with van der Waals surface area (Å²) >= 11 is 0. The molecule has 1 saturated heterocycles. The summed E-state index contributed by atoms with van der Waals surface area (Å²) in [6.45, 7) is 1.86. The van der Waals surface area contributed by atoms with E-state index < -0.39 is 11.9 Å². The van der Waals surface area contributed by atoms with Crippen LogP contribution in [0.1, 0.15) is 18.9 Å². The van der Waals surface area contributed by atoms with Crippen molar-refractivity contribution in [1.82, 2.24) is 10.2 Å². The van der Waals surface area contributed by atoms with Crippen LogP contribution in [0.25, 0.3) is 0 Å². The van der Waals surface area contributed by atoms with Gasteiger partial charge in [0, 0.05) is 18.2 Å². The topological polar surface area (TPSA) is 58.6 Å². The molecule has 0 aliphatic carbocycles. The third kappa shape index (κ3) is 2.89. The molecule has 1 aliphatic heterocycles. The van der Waals surface area contributed by atoms with Crippen LogP contribution in [0.3, 0.4) is 0 Å². The van der Waals surface area contributed by atoms with Gasteiger partial charge >= 0.3 is 0 Å². The van der Waals surface area contributed by atoms with Crippen LogP contribution in [0.15, 0.2) is 18.2 Å². The minimum Gasteiger partial charge on any atom is -0.497 e. The van der Waals surface area contributed by atoms with Crippen molar-refractivity contribution >= 4 is 11.8 Å². The normalized spacial score (nSPS) is 18.9. The van der Waals surface area contributed by atoms with Gasteiger partial charge in [0.25, 0.3) is 0 Å². The summed E-state index contributed by atoms with van der Waals surface area (Å²) in [6, 6.07) is 3.94. The van der Waals surface area contributed by atoms with Crippen molar-refractivity contribution in [2.75, 3.05) is 13.7 Å². The van der Waals surface area contributed by atoms with Crippen LogP contribution in [0.4, 0.5) is 4.39 Å². The number of hydrogen-bond donors (Lipinski definition) is 1. The first-order chi connectivity index (χ1) is 9.55. The number of piperazine rings is 1. The molecule has 6 heteroatoms. The second-order valence-electron chi connectivity index (χ2n) is 4.68. The van der Waals surface area contributed by atoms with Crippen LogP contribution >= 0.6 is 0 Å². The summed E-state index contributed by atoms with van der Waals surface area (Å²) in [4.78, 5) is 25.0. The Hall–Kier alpha value is -2.11. The highest BCUT2D eigenvalue weighted by atomic mass is 19.1. The van der Waals surface area contributed by atoms with E-state index in [4.69, 9.17) is 4.74 Å². The maximum Gasteiger partial charge on any atom is 0.245 e. The lowest BCUT2D eigenvalue weighted by Crippen LogP contribution is -2.57. The number of benzene rings is 1. The van der Waals surface area contributed by atoms with Crippen molar-refractivity contribution in [1.29, 1.82) is 0 Å². The highest BCUT2D eigenvalue weighted by Crippen LogP contribution is 2.19. The second-order valence-corrected chi connectivity index (χ2v) is 4.68. The number of ether oxygens (including phenoxy) is 1. The smallest absolute Gasteiger partial charge is 0.245 e. The first kappa shape index (κ1) is 14.3. The lowest BCUT2D eigenvalue weighted by atomic mass is 10.1. The number of methoxy groups -OCH3 is 1. The van der Waals surface area contributed by atoms with Crippen LogP contribution in [-0.2, 0) is 16.1 Å². The van der Waals surface area contributed by atoms with Gasteiger partial charge in [-0.3, -0.25) is 9.59 Å². The Morgan fingerprint density at radius 2 is 2.20 bits per heavy atom. The number of rotatable bonds is 4. The van der Waals surface area contributed by atoms with Crippen molar-refractivity contribution in [3.8, 4) is 5.75 Å². The Morgan fingerprint density at radius 1 is 1.45 bits per heavy atom. The molecule has 0 saturated carbocycles. The molecule has 1 N–H and O–H groups in total. The molecular formula is C14H17FN2O3. The van der Waals surface area contributed by atoms with Crippen molar-refractivity contribution in [2.24, 2.45) is 0 Å². The monoisotopic (exact) mass is 280 g/mol. The van der Waals surface area contributed by atoms with Crippen LogP contribution in [-0.4, -0.2) is 36.4 Å². The molecule has 1 aromatic carbocycles. The zero-order valence-corrected chi connectivity index (χ0v) is 11.5. The molecule has 2 rings (SSSR count). The SMILES string of the molecule is CCC1NC(=O)CN(Cc2ccc(OC)cc2F)C1=O. The van der Waals surface area contributed by atoms with E-state index in [1.807, 2.05) is 6.92 Å². The van der Waals surface area contributed by atoms with Gasteiger partial charge in [-0.25, -0.2) is 4.39 Å².